The number of rotatable bonds is 13. The van der Waals surface area contributed by atoms with Gasteiger partial charge in [0.25, 0.3) is 11.8 Å². The van der Waals surface area contributed by atoms with E-state index in [1.165, 1.54) is 21.6 Å². The van der Waals surface area contributed by atoms with E-state index in [4.69, 9.17) is 23.5 Å². The quantitative estimate of drug-likeness (QED) is 0.149. The maximum atomic E-state index is 14.4. The predicted molar refractivity (Wildman–Crippen MR) is 176 cm³/mol. The second-order valence-corrected chi connectivity index (χ2v) is 14.0. The first-order chi connectivity index (χ1) is 24.2. The molecule has 2 amide bonds. The van der Waals surface area contributed by atoms with Crippen molar-refractivity contribution < 1.29 is 56.1 Å². The summed E-state index contributed by atoms with van der Waals surface area (Å²) in [6.45, 7) is 1.57. The lowest BCUT2D eigenvalue weighted by atomic mass is 10.0. The lowest BCUT2D eigenvalue weighted by Crippen LogP contribution is -2.70. The fourth-order valence-electron chi connectivity index (χ4n) is 5.64. The Kier molecular flexibility index (Phi) is 11.4. The zero-order valence-corrected chi connectivity index (χ0v) is 28.9. The van der Waals surface area contributed by atoms with E-state index in [0.29, 0.717) is 11.6 Å². The summed E-state index contributed by atoms with van der Waals surface area (Å²) in [5.41, 5.74) is -2.38. The fraction of sp³-hybridized carbons (Fsp3) is 0.394. The molecule has 51 heavy (non-hydrogen) atoms. The second kappa shape index (κ2) is 15.6. The van der Waals surface area contributed by atoms with Gasteiger partial charge in [0.1, 0.15) is 23.8 Å². The molecule has 5 rings (SSSR count). The summed E-state index contributed by atoms with van der Waals surface area (Å²) in [7, 11) is -2.99. The number of nitrogens with zero attached hydrogens (tertiary/aromatic N) is 3. The van der Waals surface area contributed by atoms with Gasteiger partial charge in [-0.05, 0) is 25.5 Å². The van der Waals surface area contributed by atoms with Crippen LogP contribution in [0, 0.1) is 11.6 Å². The lowest BCUT2D eigenvalue weighted by molar-refractivity contribution is -0.0109. The number of aromatic nitrogens is 1. The van der Waals surface area contributed by atoms with Crippen LogP contribution < -0.4 is 20.5 Å². The normalized spacial score (nSPS) is 18.1. The van der Waals surface area contributed by atoms with Crippen LogP contribution >= 0.6 is 7.60 Å². The summed E-state index contributed by atoms with van der Waals surface area (Å²) in [6, 6.07) is 11.6. The van der Waals surface area contributed by atoms with E-state index in [-0.39, 0.29) is 44.0 Å². The highest BCUT2D eigenvalue weighted by molar-refractivity contribution is 7.52. The van der Waals surface area contributed by atoms with Gasteiger partial charge in [-0.25, -0.2) is 13.6 Å². The van der Waals surface area contributed by atoms with Gasteiger partial charge in [-0.15, -0.1) is 0 Å². The third-order valence-electron chi connectivity index (χ3n) is 8.28. The van der Waals surface area contributed by atoms with Crippen LogP contribution in [0.15, 0.2) is 59.5 Å². The van der Waals surface area contributed by atoms with Crippen LogP contribution in [-0.4, -0.2) is 84.0 Å². The Morgan fingerprint density at radius 2 is 1.88 bits per heavy atom. The number of likely N-dealkylation sites (N-methyl/N-ethyl adjacent to an activating group) is 1. The molecule has 1 aromatic heterocycles. The first-order valence-electron chi connectivity index (χ1n) is 15.8. The van der Waals surface area contributed by atoms with Crippen molar-refractivity contribution in [2.45, 2.75) is 45.2 Å². The van der Waals surface area contributed by atoms with E-state index in [1.54, 1.807) is 44.2 Å². The Morgan fingerprint density at radius 1 is 1.14 bits per heavy atom. The summed E-state index contributed by atoms with van der Waals surface area (Å²) >= 11 is 0. The number of benzene rings is 2. The van der Waals surface area contributed by atoms with E-state index in [1.807, 2.05) is 0 Å². The Hall–Kier alpha value is -4.83. The molecular weight excluding hydrogens is 697 g/mol. The molecule has 3 aromatic rings. The number of carbonyl (C=O) groups excluding carboxylic acids is 3. The number of carbonyl (C=O) groups is 3. The van der Waals surface area contributed by atoms with Gasteiger partial charge in [0.15, 0.2) is 17.1 Å². The number of amides is 2. The van der Waals surface area contributed by atoms with Gasteiger partial charge in [-0.2, -0.15) is 0 Å². The molecule has 0 radical (unpaired) electrons. The number of pyridine rings is 1. The van der Waals surface area contributed by atoms with Crippen LogP contribution in [0.3, 0.4) is 0 Å². The van der Waals surface area contributed by atoms with Gasteiger partial charge < -0.3 is 34.1 Å². The van der Waals surface area contributed by atoms with Crippen LogP contribution in [0.1, 0.15) is 52.2 Å². The van der Waals surface area contributed by atoms with Gasteiger partial charge in [0.05, 0.1) is 25.5 Å². The van der Waals surface area contributed by atoms with Gasteiger partial charge >= 0.3 is 13.8 Å². The third kappa shape index (κ3) is 8.39. The minimum atomic E-state index is -4.48. The van der Waals surface area contributed by atoms with Crippen LogP contribution in [0.2, 0.25) is 0 Å². The Bertz CT molecular complexity index is 1890. The maximum absolute atomic E-state index is 14.4. The smallest absolute Gasteiger partial charge is 0.482 e. The molecule has 0 saturated carbocycles. The number of ether oxygens (including phenoxy) is 4. The Balaban J connectivity index is 1.52. The molecule has 0 aliphatic carbocycles. The van der Waals surface area contributed by atoms with Crippen molar-refractivity contribution in [1.82, 2.24) is 14.9 Å². The topological polar surface area (TPSA) is 175 Å². The van der Waals surface area contributed by atoms with Crippen LogP contribution in [0.5, 0.6) is 5.75 Å². The minimum Gasteiger partial charge on any atom is -0.482 e. The molecule has 274 valence electrons. The molecule has 2 N–H and O–H groups in total. The predicted octanol–water partition coefficient (Wildman–Crippen LogP) is 3.50. The van der Waals surface area contributed by atoms with Crippen molar-refractivity contribution in [2.24, 2.45) is 0 Å². The van der Waals surface area contributed by atoms with Crippen molar-refractivity contribution in [1.29, 1.82) is 0 Å². The van der Waals surface area contributed by atoms with Crippen LogP contribution in [0.25, 0.3) is 0 Å². The van der Waals surface area contributed by atoms with E-state index >= 15 is 0 Å². The maximum Gasteiger partial charge on any atom is 0.510 e. The zero-order chi connectivity index (χ0) is 36.9. The van der Waals surface area contributed by atoms with Gasteiger partial charge in [0, 0.05) is 44.4 Å². The largest absolute Gasteiger partial charge is 0.510 e. The Morgan fingerprint density at radius 3 is 2.55 bits per heavy atom. The highest BCUT2D eigenvalue weighted by atomic mass is 31.2. The molecule has 1 spiro atoms. The first kappa shape index (κ1) is 37.4. The molecule has 15 nitrogen and oxygen atoms in total. The minimum absolute atomic E-state index is 0.0485. The molecule has 1 saturated heterocycles. The van der Waals surface area contributed by atoms with E-state index in [9.17, 15) is 37.4 Å². The molecule has 0 bridgehead atoms. The van der Waals surface area contributed by atoms with Crippen molar-refractivity contribution in [3.8, 4) is 5.75 Å². The number of nitrogens with one attached hydrogen (secondary N) is 1. The zero-order valence-electron chi connectivity index (χ0n) is 28.0. The number of hydrogen-bond donors (Lipinski definition) is 2. The Labute approximate surface area is 291 Å². The SMILES string of the molecule is CC(C)OC(=O)OCOP(=O)(O)CCN1n2cc(C(=O)NCc3ccc(F)cc3F)c(=O)c(OCc3ccccc3)c2C(=O)N(C)[C@@]12CCOC2. The van der Waals surface area contributed by atoms with Gasteiger partial charge in [-0.1, -0.05) is 36.4 Å². The molecule has 2 aromatic carbocycles. The first-order valence-corrected chi connectivity index (χ1v) is 17.6. The highest BCUT2D eigenvalue weighted by Gasteiger charge is 2.53. The van der Waals surface area contributed by atoms with Crippen molar-refractivity contribution in [3.63, 3.8) is 0 Å². The second-order valence-electron chi connectivity index (χ2n) is 12.0. The summed E-state index contributed by atoms with van der Waals surface area (Å²) in [4.78, 5) is 65.3. The van der Waals surface area contributed by atoms with Crippen molar-refractivity contribution in [3.05, 3.63) is 99.0 Å². The van der Waals surface area contributed by atoms with E-state index in [0.717, 1.165) is 18.3 Å². The van der Waals surface area contributed by atoms with E-state index < -0.39 is 85.2 Å². The molecule has 3 heterocycles. The summed E-state index contributed by atoms with van der Waals surface area (Å²) in [6.07, 6.45) is -0.838. The summed E-state index contributed by atoms with van der Waals surface area (Å²) in [5.74, 6) is -3.82. The number of fused-ring (bicyclic) bond motifs is 1. The monoisotopic (exact) mass is 734 g/mol. The van der Waals surface area contributed by atoms with Crippen LogP contribution in [-0.2, 0) is 36.5 Å². The molecule has 1 unspecified atom stereocenters. The molecule has 18 heteroatoms. The number of halogens is 2. The summed E-state index contributed by atoms with van der Waals surface area (Å²) < 4.78 is 68.3. The molecule has 1 fully saturated rings. The third-order valence-corrected chi connectivity index (χ3v) is 9.56. The van der Waals surface area contributed by atoms with E-state index in [2.05, 4.69) is 5.32 Å². The van der Waals surface area contributed by atoms with Crippen LogP contribution in [0.4, 0.5) is 13.6 Å². The molecule has 2 aliphatic rings. The highest BCUT2D eigenvalue weighted by Crippen LogP contribution is 2.43. The lowest BCUT2D eigenvalue weighted by Gasteiger charge is -2.52. The molecule has 2 atom stereocenters. The summed E-state index contributed by atoms with van der Waals surface area (Å²) in [5, 5.41) is 3.96. The fourth-order valence-corrected chi connectivity index (χ4v) is 6.43. The molecular formula is C33H37F2N4O11P. The molecule has 2 aliphatic heterocycles. The number of hydrogen-bond acceptors (Lipinski definition) is 11. The van der Waals surface area contributed by atoms with Gasteiger partial charge in [0.2, 0.25) is 12.2 Å². The average Bonchev–Trinajstić information content (AvgIpc) is 3.57. The standard InChI is InChI=1S/C33H37F2N4O11P/c1-21(2)50-32(43)48-20-49-51(44,45)14-12-39-33(11-13-46-19-33)37(3)31(42)27-29(47-18-22-7-5-4-6-8-22)28(40)25(17-38(27)39)30(41)36-16-23-9-10-24(34)15-26(23)35/h4-10,15,17,21H,11-14,16,18-20H2,1-3H3,(H,36,41)(H,44,45)/t33-/m0/s1. The average molecular weight is 735 g/mol. The van der Waals surface area contributed by atoms with Gasteiger partial charge in [-0.3, -0.25) is 33.2 Å². The van der Waals surface area contributed by atoms with Crippen molar-refractivity contribution >= 4 is 25.6 Å². The van der Waals surface area contributed by atoms with Crippen molar-refractivity contribution in [2.75, 3.05) is 44.8 Å².